The van der Waals surface area contributed by atoms with Gasteiger partial charge >= 0.3 is 0 Å². The van der Waals surface area contributed by atoms with E-state index in [-0.39, 0.29) is 11.8 Å². The van der Waals surface area contributed by atoms with Gasteiger partial charge in [-0.05, 0) is 25.8 Å². The molecule has 1 aliphatic carbocycles. The van der Waals surface area contributed by atoms with Gasteiger partial charge in [0.15, 0.2) is 0 Å². The van der Waals surface area contributed by atoms with E-state index in [2.05, 4.69) is 12.1 Å². The van der Waals surface area contributed by atoms with Crippen molar-refractivity contribution in [1.82, 2.24) is 4.90 Å². The van der Waals surface area contributed by atoms with Gasteiger partial charge in [0.05, 0.1) is 17.4 Å². The van der Waals surface area contributed by atoms with Crippen LogP contribution in [0.2, 0.25) is 0 Å². The van der Waals surface area contributed by atoms with Crippen LogP contribution in [0, 0.1) is 22.7 Å². The van der Waals surface area contributed by atoms with E-state index in [1.807, 2.05) is 13.0 Å². The molecule has 0 bridgehead atoms. The Balaban J connectivity index is 2.46. The van der Waals surface area contributed by atoms with E-state index in [9.17, 15) is 10.1 Å². The molecule has 0 aromatic carbocycles. The predicted octanol–water partition coefficient (Wildman–Crippen LogP) is 1.84. The number of nitrogens with zero attached hydrogens (tertiary/aromatic N) is 2. The average Bonchev–Trinajstić information content (AvgIpc) is 2.25. The highest BCUT2D eigenvalue weighted by atomic mass is 16.2. The van der Waals surface area contributed by atoms with E-state index in [0.29, 0.717) is 12.8 Å². The first kappa shape index (κ1) is 9.97. The molecule has 1 amide bonds. The summed E-state index contributed by atoms with van der Waals surface area (Å²) in [6.45, 7) is 2.02. The molecule has 2 aliphatic rings. The summed E-state index contributed by atoms with van der Waals surface area (Å²) in [5.74, 6) is -0.131. The smallest absolute Gasteiger partial charge is 0.231 e. The van der Waals surface area contributed by atoms with Crippen LogP contribution in [0.1, 0.15) is 19.8 Å². The van der Waals surface area contributed by atoms with Crippen LogP contribution in [0.3, 0.4) is 0 Å². The lowest BCUT2D eigenvalue weighted by atomic mass is 9.66. The fourth-order valence-electron chi connectivity index (χ4n) is 2.29. The van der Waals surface area contributed by atoms with Crippen LogP contribution in [0.5, 0.6) is 0 Å². The van der Waals surface area contributed by atoms with E-state index in [1.54, 1.807) is 18.1 Å². The molecule has 1 heterocycles. The maximum Gasteiger partial charge on any atom is 0.231 e. The molecule has 2 atom stereocenters. The highest BCUT2D eigenvalue weighted by Gasteiger charge is 2.46. The van der Waals surface area contributed by atoms with Crippen LogP contribution in [0.4, 0.5) is 0 Å². The number of carbonyl (C=O) groups is 1. The third kappa shape index (κ3) is 1.37. The molecule has 0 aromatic heterocycles. The molecule has 3 heteroatoms. The Labute approximate surface area is 89.7 Å². The van der Waals surface area contributed by atoms with Gasteiger partial charge in [0.1, 0.15) is 0 Å². The first-order chi connectivity index (χ1) is 7.09. The van der Waals surface area contributed by atoms with E-state index in [0.717, 1.165) is 0 Å². The van der Waals surface area contributed by atoms with Crippen LogP contribution < -0.4 is 0 Å². The molecule has 78 valence electrons. The molecule has 2 rings (SSSR count). The Morgan fingerprint density at radius 1 is 1.67 bits per heavy atom. The minimum Gasteiger partial charge on any atom is -0.322 e. The zero-order valence-corrected chi connectivity index (χ0v) is 9.03. The third-order valence-corrected chi connectivity index (χ3v) is 3.39. The fraction of sp³-hybridized carbons (Fsp3) is 0.500. The van der Waals surface area contributed by atoms with E-state index in [4.69, 9.17) is 0 Å². The van der Waals surface area contributed by atoms with Crippen molar-refractivity contribution < 1.29 is 4.79 Å². The largest absolute Gasteiger partial charge is 0.322 e. The lowest BCUT2D eigenvalue weighted by Crippen LogP contribution is -2.44. The molecule has 0 spiro atoms. The minimum absolute atomic E-state index is 0.0616. The zero-order chi connectivity index (χ0) is 11.1. The molecule has 1 aliphatic heterocycles. The second-order valence-electron chi connectivity index (χ2n) is 4.43. The highest BCUT2D eigenvalue weighted by molar-refractivity contribution is 5.83. The van der Waals surface area contributed by atoms with Gasteiger partial charge < -0.3 is 4.90 Å². The second-order valence-corrected chi connectivity index (χ2v) is 4.43. The van der Waals surface area contributed by atoms with Crippen molar-refractivity contribution in [3.8, 4) is 6.07 Å². The second kappa shape index (κ2) is 3.23. The van der Waals surface area contributed by atoms with Crippen molar-refractivity contribution in [3.63, 3.8) is 0 Å². The molecule has 0 radical (unpaired) electrons. The zero-order valence-electron chi connectivity index (χ0n) is 9.03. The SMILES string of the molecule is CC1=CC[C@]2(C#N)C=CN(C)C(=O)[C@H]2C1. The van der Waals surface area contributed by atoms with Gasteiger partial charge in [-0.2, -0.15) is 5.26 Å². The Morgan fingerprint density at radius 2 is 2.40 bits per heavy atom. The Morgan fingerprint density at radius 3 is 3.07 bits per heavy atom. The van der Waals surface area contributed by atoms with Gasteiger partial charge in [-0.3, -0.25) is 4.79 Å². The van der Waals surface area contributed by atoms with Crippen molar-refractivity contribution in [3.05, 3.63) is 23.9 Å². The number of amides is 1. The number of fused-ring (bicyclic) bond motifs is 1. The molecule has 0 saturated carbocycles. The molecule has 0 N–H and O–H groups in total. The first-order valence-electron chi connectivity index (χ1n) is 5.12. The molecule has 0 fully saturated rings. The Bertz CT molecular complexity index is 402. The monoisotopic (exact) mass is 202 g/mol. The predicted molar refractivity (Wildman–Crippen MR) is 56.4 cm³/mol. The molecular formula is C12H14N2O. The summed E-state index contributed by atoms with van der Waals surface area (Å²) in [7, 11) is 1.74. The number of hydrogen-bond donors (Lipinski definition) is 0. The van der Waals surface area contributed by atoms with Crippen molar-refractivity contribution in [2.24, 2.45) is 11.3 Å². The van der Waals surface area contributed by atoms with Gasteiger partial charge in [0.2, 0.25) is 5.91 Å². The molecular weight excluding hydrogens is 188 g/mol. The van der Waals surface area contributed by atoms with Crippen molar-refractivity contribution in [2.75, 3.05) is 7.05 Å². The summed E-state index contributed by atoms with van der Waals surface area (Å²) in [5.41, 5.74) is 0.617. The number of nitriles is 1. The quantitative estimate of drug-likeness (QED) is 0.562. The van der Waals surface area contributed by atoms with Crippen molar-refractivity contribution in [1.29, 1.82) is 5.26 Å². The summed E-state index contributed by atoms with van der Waals surface area (Å²) in [6, 6.07) is 2.31. The number of allylic oxidation sites excluding steroid dienone is 3. The maximum atomic E-state index is 12.0. The Kier molecular flexibility index (Phi) is 2.15. The number of hydrogen-bond acceptors (Lipinski definition) is 2. The Hall–Kier alpha value is -1.56. The standard InChI is InChI=1S/C12H14N2O/c1-9-3-4-12(8-13)5-6-14(2)11(15)10(12)7-9/h3,5-6,10H,4,7H2,1-2H3/t10-,12-/m1/s1. The number of rotatable bonds is 0. The molecule has 3 nitrogen and oxygen atoms in total. The van der Waals surface area contributed by atoms with Crippen LogP contribution in [-0.2, 0) is 4.79 Å². The molecule has 15 heavy (non-hydrogen) atoms. The van der Waals surface area contributed by atoms with Crippen LogP contribution in [-0.4, -0.2) is 17.9 Å². The van der Waals surface area contributed by atoms with E-state index in [1.165, 1.54) is 5.57 Å². The maximum absolute atomic E-state index is 12.0. The molecule has 0 unspecified atom stereocenters. The lowest BCUT2D eigenvalue weighted by Gasteiger charge is -2.39. The minimum atomic E-state index is -0.594. The van der Waals surface area contributed by atoms with E-state index >= 15 is 0 Å². The van der Waals surface area contributed by atoms with Gasteiger partial charge in [0.25, 0.3) is 0 Å². The summed E-state index contributed by atoms with van der Waals surface area (Å²) in [4.78, 5) is 13.5. The normalized spacial score (nSPS) is 34.5. The third-order valence-electron chi connectivity index (χ3n) is 3.39. The lowest BCUT2D eigenvalue weighted by molar-refractivity contribution is -0.135. The summed E-state index contributed by atoms with van der Waals surface area (Å²) >= 11 is 0. The topological polar surface area (TPSA) is 44.1 Å². The van der Waals surface area contributed by atoms with Crippen LogP contribution >= 0.6 is 0 Å². The first-order valence-corrected chi connectivity index (χ1v) is 5.12. The summed E-state index contributed by atoms with van der Waals surface area (Å²) < 4.78 is 0. The number of carbonyl (C=O) groups excluding carboxylic acids is 1. The van der Waals surface area contributed by atoms with Crippen molar-refractivity contribution >= 4 is 5.91 Å². The fourth-order valence-corrected chi connectivity index (χ4v) is 2.29. The van der Waals surface area contributed by atoms with Crippen LogP contribution in [0.25, 0.3) is 0 Å². The van der Waals surface area contributed by atoms with Gasteiger partial charge in [-0.15, -0.1) is 0 Å². The van der Waals surface area contributed by atoms with Crippen molar-refractivity contribution in [2.45, 2.75) is 19.8 Å². The van der Waals surface area contributed by atoms with Gasteiger partial charge in [-0.25, -0.2) is 0 Å². The molecule has 0 aromatic rings. The average molecular weight is 202 g/mol. The molecule has 0 saturated heterocycles. The highest BCUT2D eigenvalue weighted by Crippen LogP contribution is 2.44. The van der Waals surface area contributed by atoms with Gasteiger partial charge in [-0.1, -0.05) is 11.6 Å². The van der Waals surface area contributed by atoms with Gasteiger partial charge in [0, 0.05) is 13.2 Å². The van der Waals surface area contributed by atoms with E-state index < -0.39 is 5.41 Å². The summed E-state index contributed by atoms with van der Waals surface area (Å²) in [5, 5.41) is 9.27. The van der Waals surface area contributed by atoms with Crippen LogP contribution in [0.15, 0.2) is 23.9 Å². The summed E-state index contributed by atoms with van der Waals surface area (Å²) in [6.07, 6.45) is 7.04.